The molecule has 1 unspecified atom stereocenters. The molecule has 0 fully saturated rings. The van der Waals surface area contributed by atoms with E-state index in [1.165, 1.54) is 26.1 Å². The molecule has 0 bridgehead atoms. The molecule has 2 rings (SSSR count). The first-order valence-electron chi connectivity index (χ1n) is 7.32. The number of carbonyl (C=O) groups is 2. The van der Waals surface area contributed by atoms with Gasteiger partial charge in [0.1, 0.15) is 17.3 Å². The van der Waals surface area contributed by atoms with Crippen molar-refractivity contribution >= 4 is 17.6 Å². The number of nitro groups is 1. The number of benzene rings is 1. The van der Waals surface area contributed by atoms with Crippen LogP contribution >= 0.6 is 0 Å². The molecule has 1 amide bonds. The summed E-state index contributed by atoms with van der Waals surface area (Å²) in [5.74, 6) is -2.66. The Morgan fingerprint density at radius 3 is 2.58 bits per heavy atom. The number of hydrogen-bond donors (Lipinski definition) is 2. The van der Waals surface area contributed by atoms with Gasteiger partial charge in [-0.15, -0.1) is 0 Å². The molecule has 0 aliphatic heterocycles. The third kappa shape index (κ3) is 4.12. The Morgan fingerprint density at radius 1 is 1.42 bits per heavy atom. The van der Waals surface area contributed by atoms with Gasteiger partial charge in [-0.1, -0.05) is 0 Å². The predicted molar refractivity (Wildman–Crippen MR) is 85.4 cm³/mol. The molecule has 0 aliphatic rings. The van der Waals surface area contributed by atoms with Gasteiger partial charge in [-0.05, 0) is 31.2 Å². The van der Waals surface area contributed by atoms with Crippen LogP contribution in [-0.4, -0.2) is 44.3 Å². The molecular formula is C15H15FN4O6. The number of carboxylic acid groups (broad SMARTS) is 1. The van der Waals surface area contributed by atoms with Gasteiger partial charge in [-0.3, -0.25) is 19.6 Å². The highest BCUT2D eigenvalue weighted by Gasteiger charge is 2.30. The number of nitrogens with zero attached hydrogens (tertiary/aromatic N) is 3. The quantitative estimate of drug-likeness (QED) is 0.552. The maximum absolute atomic E-state index is 12.9. The standard InChI is InChI=1S/C15H15FN4O6/c1-8-12(20(24)25)13(19(2)18-8)14(21)17-7-11(15(22)23)26-10-5-3-9(16)4-6-10/h3-6,11H,7H2,1-2H3,(H,17,21)(H,22,23). The Kier molecular flexibility index (Phi) is 5.50. The second-order valence-electron chi connectivity index (χ2n) is 5.27. The number of aliphatic carboxylic acids is 1. The van der Waals surface area contributed by atoms with Crippen molar-refractivity contribution in [2.45, 2.75) is 13.0 Å². The van der Waals surface area contributed by atoms with E-state index in [2.05, 4.69) is 10.4 Å². The Labute approximate surface area is 146 Å². The smallest absolute Gasteiger partial charge is 0.346 e. The van der Waals surface area contributed by atoms with Crippen LogP contribution in [0, 0.1) is 22.9 Å². The van der Waals surface area contributed by atoms with Crippen molar-refractivity contribution in [2.75, 3.05) is 6.54 Å². The molecule has 11 heteroatoms. The number of halogens is 1. The molecule has 2 aromatic rings. The summed E-state index contributed by atoms with van der Waals surface area (Å²) < 4.78 is 19.1. The third-order valence-electron chi connectivity index (χ3n) is 3.40. The lowest BCUT2D eigenvalue weighted by atomic mass is 10.2. The second-order valence-corrected chi connectivity index (χ2v) is 5.27. The third-order valence-corrected chi connectivity index (χ3v) is 3.40. The number of ether oxygens (including phenoxy) is 1. The minimum absolute atomic E-state index is 0.0556. The monoisotopic (exact) mass is 366 g/mol. The molecule has 10 nitrogen and oxygen atoms in total. The van der Waals surface area contributed by atoms with E-state index in [0.717, 1.165) is 16.8 Å². The van der Waals surface area contributed by atoms with Gasteiger partial charge in [0.25, 0.3) is 5.91 Å². The molecule has 0 saturated carbocycles. The maximum atomic E-state index is 12.9. The second kappa shape index (κ2) is 7.59. The first-order valence-corrected chi connectivity index (χ1v) is 7.32. The van der Waals surface area contributed by atoms with Crippen LogP contribution in [0.5, 0.6) is 5.75 Å². The van der Waals surface area contributed by atoms with Crippen molar-refractivity contribution < 1.29 is 28.7 Å². The van der Waals surface area contributed by atoms with Gasteiger partial charge in [-0.25, -0.2) is 9.18 Å². The fourth-order valence-corrected chi connectivity index (χ4v) is 2.25. The zero-order chi connectivity index (χ0) is 19.4. The molecule has 1 heterocycles. The van der Waals surface area contributed by atoms with Crippen LogP contribution < -0.4 is 10.1 Å². The molecule has 0 aliphatic carbocycles. The zero-order valence-electron chi connectivity index (χ0n) is 13.8. The Bertz CT molecular complexity index is 849. The summed E-state index contributed by atoms with van der Waals surface area (Å²) in [5.41, 5.74) is -0.713. The molecule has 0 spiro atoms. The highest BCUT2D eigenvalue weighted by molar-refractivity contribution is 5.97. The zero-order valence-corrected chi connectivity index (χ0v) is 13.8. The van der Waals surface area contributed by atoms with Gasteiger partial charge in [0, 0.05) is 7.05 Å². The summed E-state index contributed by atoms with van der Waals surface area (Å²) in [6.45, 7) is 0.916. The topological polar surface area (TPSA) is 137 Å². The summed E-state index contributed by atoms with van der Waals surface area (Å²) in [6.07, 6.45) is -1.47. The average Bonchev–Trinajstić information content (AvgIpc) is 2.87. The fourth-order valence-electron chi connectivity index (χ4n) is 2.25. The van der Waals surface area contributed by atoms with E-state index < -0.39 is 41.0 Å². The van der Waals surface area contributed by atoms with Gasteiger partial charge < -0.3 is 15.2 Å². The molecule has 0 saturated heterocycles. The Balaban J connectivity index is 2.12. The largest absolute Gasteiger partial charge is 0.478 e. The van der Waals surface area contributed by atoms with Crippen LogP contribution in [0.15, 0.2) is 24.3 Å². The van der Waals surface area contributed by atoms with Crippen molar-refractivity contribution in [1.82, 2.24) is 15.1 Å². The van der Waals surface area contributed by atoms with E-state index in [-0.39, 0.29) is 17.1 Å². The highest BCUT2D eigenvalue weighted by atomic mass is 19.1. The predicted octanol–water partition coefficient (Wildman–Crippen LogP) is 1.04. The van der Waals surface area contributed by atoms with Gasteiger partial charge in [0.15, 0.2) is 0 Å². The number of hydrogen-bond acceptors (Lipinski definition) is 6. The maximum Gasteiger partial charge on any atom is 0.346 e. The summed E-state index contributed by atoms with van der Waals surface area (Å²) in [7, 11) is 1.36. The van der Waals surface area contributed by atoms with E-state index in [4.69, 9.17) is 4.74 Å². The molecule has 26 heavy (non-hydrogen) atoms. The van der Waals surface area contributed by atoms with E-state index in [1.54, 1.807) is 0 Å². The van der Waals surface area contributed by atoms with Crippen LogP contribution in [0.2, 0.25) is 0 Å². The number of aromatic nitrogens is 2. The summed E-state index contributed by atoms with van der Waals surface area (Å²) >= 11 is 0. The van der Waals surface area contributed by atoms with Crippen molar-refractivity contribution in [3.8, 4) is 5.75 Å². The van der Waals surface area contributed by atoms with Crippen LogP contribution in [0.1, 0.15) is 16.2 Å². The fraction of sp³-hybridized carbons (Fsp3) is 0.267. The molecular weight excluding hydrogens is 351 g/mol. The number of amides is 1. The van der Waals surface area contributed by atoms with E-state index in [9.17, 15) is 29.2 Å². The molecule has 138 valence electrons. The summed E-state index contributed by atoms with van der Waals surface area (Å²) in [4.78, 5) is 33.9. The van der Waals surface area contributed by atoms with Gasteiger partial charge >= 0.3 is 11.7 Å². The van der Waals surface area contributed by atoms with Crippen molar-refractivity contribution in [3.63, 3.8) is 0 Å². The first kappa shape index (κ1) is 18.8. The normalized spacial score (nSPS) is 11.7. The van der Waals surface area contributed by atoms with Crippen molar-refractivity contribution in [2.24, 2.45) is 7.05 Å². The lowest BCUT2D eigenvalue weighted by molar-refractivity contribution is -0.385. The average molecular weight is 366 g/mol. The van der Waals surface area contributed by atoms with Crippen LogP contribution in [0.25, 0.3) is 0 Å². The lowest BCUT2D eigenvalue weighted by Gasteiger charge is -2.15. The lowest BCUT2D eigenvalue weighted by Crippen LogP contribution is -2.41. The van der Waals surface area contributed by atoms with Crippen LogP contribution in [0.4, 0.5) is 10.1 Å². The van der Waals surface area contributed by atoms with Gasteiger partial charge in [0.05, 0.1) is 11.5 Å². The molecule has 0 radical (unpaired) electrons. The number of rotatable bonds is 7. The summed E-state index contributed by atoms with van der Waals surface area (Å²) in [5, 5.41) is 26.4. The summed E-state index contributed by atoms with van der Waals surface area (Å²) in [6, 6.07) is 4.66. The number of nitrogens with one attached hydrogen (secondary N) is 1. The Hall–Kier alpha value is -3.50. The molecule has 1 aromatic carbocycles. The number of carbonyl (C=O) groups excluding carboxylic acids is 1. The van der Waals surface area contributed by atoms with E-state index in [0.29, 0.717) is 0 Å². The number of aryl methyl sites for hydroxylation is 2. The van der Waals surface area contributed by atoms with E-state index >= 15 is 0 Å². The Morgan fingerprint density at radius 2 is 2.04 bits per heavy atom. The first-order chi connectivity index (χ1) is 12.2. The molecule has 1 atom stereocenters. The molecule has 1 aromatic heterocycles. The number of carboxylic acids is 1. The molecule has 2 N–H and O–H groups in total. The van der Waals surface area contributed by atoms with Crippen LogP contribution in [-0.2, 0) is 11.8 Å². The van der Waals surface area contributed by atoms with Gasteiger partial charge in [0.2, 0.25) is 11.8 Å². The SMILES string of the molecule is Cc1nn(C)c(C(=O)NCC(Oc2ccc(F)cc2)C(=O)O)c1[N+](=O)[O-]. The minimum atomic E-state index is -1.47. The van der Waals surface area contributed by atoms with Gasteiger partial charge in [-0.2, -0.15) is 5.10 Å². The highest BCUT2D eigenvalue weighted by Crippen LogP contribution is 2.22. The van der Waals surface area contributed by atoms with Crippen LogP contribution in [0.3, 0.4) is 0 Å². The minimum Gasteiger partial charge on any atom is -0.478 e. The van der Waals surface area contributed by atoms with Crippen molar-refractivity contribution in [1.29, 1.82) is 0 Å². The van der Waals surface area contributed by atoms with Crippen molar-refractivity contribution in [3.05, 3.63) is 51.6 Å². The van der Waals surface area contributed by atoms with E-state index in [1.807, 2.05) is 0 Å².